The fraction of sp³-hybridized carbons (Fsp3) is 0.387. The van der Waals surface area contributed by atoms with E-state index in [1.54, 1.807) is 6.21 Å². The van der Waals surface area contributed by atoms with Crippen LogP contribution in [0.4, 0.5) is 5.00 Å². The van der Waals surface area contributed by atoms with E-state index in [2.05, 4.69) is 25.6 Å². The Hall–Kier alpha value is -3.37. The van der Waals surface area contributed by atoms with Gasteiger partial charge in [-0.2, -0.15) is 5.10 Å². The van der Waals surface area contributed by atoms with E-state index in [1.807, 2.05) is 55.5 Å². The molecular weight excluding hydrogens is 522 g/mol. The molecule has 1 aliphatic carbocycles. The first kappa shape index (κ1) is 28.2. The minimum absolute atomic E-state index is 0.189. The van der Waals surface area contributed by atoms with Crippen molar-refractivity contribution in [3.8, 4) is 0 Å². The van der Waals surface area contributed by atoms with Crippen LogP contribution in [-0.2, 0) is 19.4 Å². The summed E-state index contributed by atoms with van der Waals surface area (Å²) in [6, 6.07) is 15.6. The van der Waals surface area contributed by atoms with Gasteiger partial charge in [0, 0.05) is 49.7 Å². The van der Waals surface area contributed by atoms with Crippen LogP contribution in [0, 0.1) is 6.92 Å². The standard InChI is InChI=1S/C31H37N5O3S/c1-22-9-11-23(12-10-22)20-32-34-30(39)28-26-7-2-3-8-27(26)40-31(28)33-29(38)25-6-4-5-24(19-25)21-36-15-13-35(14-16-36)17-18-37/h4-6,9-12,19-20,37H,2-3,7-8,13-18,21H2,1H3,(H,33,38)(H,34,39)/b32-20+. The number of rotatable bonds is 9. The SMILES string of the molecule is Cc1ccc(/C=N/NC(=O)c2c(NC(=O)c3cccc(CN4CCN(CCO)CC4)c3)sc3c2CCCC3)cc1. The molecule has 0 saturated carbocycles. The molecule has 0 atom stereocenters. The minimum Gasteiger partial charge on any atom is -0.395 e. The predicted molar refractivity (Wildman–Crippen MR) is 160 cm³/mol. The number of thiophene rings is 1. The van der Waals surface area contributed by atoms with Crippen LogP contribution < -0.4 is 10.7 Å². The largest absolute Gasteiger partial charge is 0.395 e. The molecular formula is C31H37N5O3S. The number of hydrogen-bond donors (Lipinski definition) is 3. The number of nitrogens with zero attached hydrogens (tertiary/aromatic N) is 3. The number of benzene rings is 2. The summed E-state index contributed by atoms with van der Waals surface area (Å²) in [5.74, 6) is -0.516. The second-order valence-corrected chi connectivity index (χ2v) is 11.6. The van der Waals surface area contributed by atoms with Crippen LogP contribution in [-0.4, -0.2) is 72.3 Å². The third-order valence-electron chi connectivity index (χ3n) is 7.56. The molecule has 1 saturated heterocycles. The lowest BCUT2D eigenvalue weighted by molar-refractivity contribution is 0.0955. The number of β-amino-alcohol motifs (C(OH)–C–C–N with tert-alkyl or cyclic N) is 1. The summed E-state index contributed by atoms with van der Waals surface area (Å²) in [5, 5.41) is 17.0. The summed E-state index contributed by atoms with van der Waals surface area (Å²) in [5.41, 5.74) is 7.96. The number of nitrogens with one attached hydrogen (secondary N) is 2. The Labute approximate surface area is 239 Å². The topological polar surface area (TPSA) is 97.3 Å². The lowest BCUT2D eigenvalue weighted by atomic mass is 9.95. The number of hydrogen-bond acceptors (Lipinski definition) is 7. The van der Waals surface area contributed by atoms with Gasteiger partial charge in [-0.3, -0.25) is 19.4 Å². The van der Waals surface area contributed by atoms with E-state index in [4.69, 9.17) is 0 Å². The second-order valence-electron chi connectivity index (χ2n) is 10.5. The first-order valence-electron chi connectivity index (χ1n) is 14.0. The Bertz CT molecular complexity index is 1360. The number of aliphatic hydroxyl groups excluding tert-OH is 1. The van der Waals surface area contributed by atoms with Crippen LogP contribution in [0.5, 0.6) is 0 Å². The van der Waals surface area contributed by atoms with Gasteiger partial charge >= 0.3 is 0 Å². The Morgan fingerprint density at radius 2 is 1.75 bits per heavy atom. The average molecular weight is 560 g/mol. The van der Waals surface area contributed by atoms with Gasteiger partial charge in [-0.05, 0) is 61.4 Å². The number of anilines is 1. The Kier molecular flexibility index (Phi) is 9.38. The molecule has 0 radical (unpaired) electrons. The molecule has 3 N–H and O–H groups in total. The molecule has 40 heavy (non-hydrogen) atoms. The predicted octanol–water partition coefficient (Wildman–Crippen LogP) is 4.06. The molecule has 1 fully saturated rings. The molecule has 2 heterocycles. The molecule has 5 rings (SSSR count). The smallest absolute Gasteiger partial charge is 0.274 e. The summed E-state index contributed by atoms with van der Waals surface area (Å²) in [4.78, 5) is 32.5. The van der Waals surface area contributed by atoms with Crippen molar-refractivity contribution in [1.29, 1.82) is 0 Å². The van der Waals surface area contributed by atoms with E-state index in [9.17, 15) is 14.7 Å². The van der Waals surface area contributed by atoms with E-state index in [-0.39, 0.29) is 18.4 Å². The van der Waals surface area contributed by atoms with Gasteiger partial charge in [0.1, 0.15) is 5.00 Å². The molecule has 9 heteroatoms. The number of amides is 2. The minimum atomic E-state index is -0.299. The fourth-order valence-corrected chi connectivity index (χ4v) is 6.61. The first-order chi connectivity index (χ1) is 19.5. The van der Waals surface area contributed by atoms with Gasteiger partial charge in [0.15, 0.2) is 0 Å². The van der Waals surface area contributed by atoms with Crippen molar-refractivity contribution in [2.45, 2.75) is 39.2 Å². The van der Waals surface area contributed by atoms with Crippen LogP contribution >= 0.6 is 11.3 Å². The summed E-state index contributed by atoms with van der Waals surface area (Å²) in [6.45, 7) is 7.44. The Morgan fingerprint density at radius 1 is 1.00 bits per heavy atom. The lowest BCUT2D eigenvalue weighted by Crippen LogP contribution is -2.46. The van der Waals surface area contributed by atoms with Gasteiger partial charge in [0.2, 0.25) is 0 Å². The third-order valence-corrected chi connectivity index (χ3v) is 8.77. The number of aryl methyl sites for hydroxylation is 2. The molecule has 0 unspecified atom stereocenters. The van der Waals surface area contributed by atoms with Gasteiger partial charge in [-0.15, -0.1) is 11.3 Å². The van der Waals surface area contributed by atoms with Gasteiger partial charge < -0.3 is 10.4 Å². The zero-order chi connectivity index (χ0) is 27.9. The molecule has 1 aromatic heterocycles. The Balaban J connectivity index is 1.27. The summed E-state index contributed by atoms with van der Waals surface area (Å²) >= 11 is 1.51. The fourth-order valence-electron chi connectivity index (χ4n) is 5.32. The number of aliphatic hydroxyl groups is 1. The van der Waals surface area contributed by atoms with Crippen molar-refractivity contribution in [2.24, 2.45) is 5.10 Å². The molecule has 0 spiro atoms. The van der Waals surface area contributed by atoms with Crippen molar-refractivity contribution in [3.05, 3.63) is 86.8 Å². The molecule has 210 valence electrons. The van der Waals surface area contributed by atoms with Gasteiger partial charge in [0.05, 0.1) is 18.4 Å². The van der Waals surface area contributed by atoms with Crippen molar-refractivity contribution >= 4 is 34.4 Å². The highest BCUT2D eigenvalue weighted by Crippen LogP contribution is 2.38. The average Bonchev–Trinajstić information content (AvgIpc) is 3.33. The number of hydrazone groups is 1. The third kappa shape index (κ3) is 7.03. The molecule has 0 bridgehead atoms. The first-order valence-corrected chi connectivity index (χ1v) is 14.8. The quantitative estimate of drug-likeness (QED) is 0.271. The van der Waals surface area contributed by atoms with E-state index < -0.39 is 0 Å². The zero-order valence-electron chi connectivity index (χ0n) is 23.0. The normalized spacial score (nSPS) is 16.1. The van der Waals surface area contributed by atoms with E-state index in [0.29, 0.717) is 16.1 Å². The molecule has 3 aromatic rings. The Morgan fingerprint density at radius 3 is 2.52 bits per heavy atom. The highest BCUT2D eigenvalue weighted by molar-refractivity contribution is 7.17. The van der Waals surface area contributed by atoms with E-state index in [1.165, 1.54) is 16.2 Å². The van der Waals surface area contributed by atoms with Crippen molar-refractivity contribution in [3.63, 3.8) is 0 Å². The maximum atomic E-state index is 13.4. The molecule has 2 aromatic carbocycles. The number of carbonyl (C=O) groups is 2. The van der Waals surface area contributed by atoms with Crippen LogP contribution in [0.3, 0.4) is 0 Å². The maximum absolute atomic E-state index is 13.4. The molecule has 2 aliphatic rings. The highest BCUT2D eigenvalue weighted by Gasteiger charge is 2.27. The highest BCUT2D eigenvalue weighted by atomic mass is 32.1. The summed E-state index contributed by atoms with van der Waals surface area (Å²) in [6.07, 6.45) is 5.49. The molecule has 1 aliphatic heterocycles. The summed E-state index contributed by atoms with van der Waals surface area (Å²) < 4.78 is 0. The monoisotopic (exact) mass is 559 g/mol. The van der Waals surface area contributed by atoms with Crippen molar-refractivity contribution < 1.29 is 14.7 Å². The zero-order valence-corrected chi connectivity index (χ0v) is 23.8. The van der Waals surface area contributed by atoms with E-state index in [0.717, 1.165) is 87.2 Å². The molecule has 8 nitrogen and oxygen atoms in total. The van der Waals surface area contributed by atoms with Crippen LogP contribution in [0.1, 0.15) is 60.7 Å². The number of fused-ring (bicyclic) bond motifs is 1. The van der Waals surface area contributed by atoms with Crippen LogP contribution in [0.2, 0.25) is 0 Å². The van der Waals surface area contributed by atoms with E-state index >= 15 is 0 Å². The number of carbonyl (C=O) groups excluding carboxylic acids is 2. The van der Waals surface area contributed by atoms with Crippen molar-refractivity contribution in [2.75, 3.05) is 44.6 Å². The van der Waals surface area contributed by atoms with Crippen LogP contribution in [0.15, 0.2) is 53.6 Å². The summed E-state index contributed by atoms with van der Waals surface area (Å²) in [7, 11) is 0. The van der Waals surface area contributed by atoms with Crippen molar-refractivity contribution in [1.82, 2.24) is 15.2 Å². The van der Waals surface area contributed by atoms with Gasteiger partial charge in [-0.25, -0.2) is 5.43 Å². The maximum Gasteiger partial charge on any atom is 0.274 e. The van der Waals surface area contributed by atoms with Crippen LogP contribution in [0.25, 0.3) is 0 Å². The lowest BCUT2D eigenvalue weighted by Gasteiger charge is -2.34. The molecule has 2 amide bonds. The van der Waals surface area contributed by atoms with Gasteiger partial charge in [0.25, 0.3) is 11.8 Å². The van der Waals surface area contributed by atoms with Gasteiger partial charge in [-0.1, -0.05) is 42.0 Å². The number of piperazine rings is 1. The second kappa shape index (κ2) is 13.3.